The summed E-state index contributed by atoms with van der Waals surface area (Å²) in [5, 5.41) is 4.46. The maximum Gasteiger partial charge on any atom is 0.322 e. The van der Waals surface area contributed by atoms with E-state index >= 15 is 0 Å². The summed E-state index contributed by atoms with van der Waals surface area (Å²) < 4.78 is 26.9. The van der Waals surface area contributed by atoms with Gasteiger partial charge in [0.25, 0.3) is 11.8 Å². The van der Waals surface area contributed by atoms with Crippen LogP contribution >= 0.6 is 0 Å². The van der Waals surface area contributed by atoms with Gasteiger partial charge in [0.15, 0.2) is 0 Å². The Morgan fingerprint density at radius 2 is 1.91 bits per heavy atom. The summed E-state index contributed by atoms with van der Waals surface area (Å²) in [7, 11) is -1.99. The summed E-state index contributed by atoms with van der Waals surface area (Å²) in [6.45, 7) is 2.43. The lowest BCUT2D eigenvalue weighted by atomic mass is 9.94. The van der Waals surface area contributed by atoms with Gasteiger partial charge in [-0.15, -0.1) is 0 Å². The Kier molecular flexibility index (Phi) is 5.56. The summed E-state index contributed by atoms with van der Waals surface area (Å²) in [6.07, 6.45) is 2.95. The third-order valence-electron chi connectivity index (χ3n) is 5.96. The van der Waals surface area contributed by atoms with Crippen LogP contribution < -0.4 is 10.6 Å². The van der Waals surface area contributed by atoms with Crippen LogP contribution in [0.25, 0.3) is 0 Å². The minimum absolute atomic E-state index is 0.00606. The topological polar surface area (TPSA) is 116 Å². The van der Waals surface area contributed by atoms with Crippen LogP contribution in [0.15, 0.2) is 29.8 Å². The van der Waals surface area contributed by atoms with E-state index in [4.69, 9.17) is 0 Å². The number of carbonyl (C=O) groups excluding carboxylic acids is 3. The van der Waals surface area contributed by atoms with E-state index in [2.05, 4.69) is 22.5 Å². The minimum atomic E-state index is -3.77. The molecule has 32 heavy (non-hydrogen) atoms. The van der Waals surface area contributed by atoms with Crippen LogP contribution in [0.1, 0.15) is 34.8 Å². The first-order chi connectivity index (χ1) is 15.1. The molecule has 0 saturated carbocycles. The Morgan fingerprint density at radius 3 is 2.56 bits per heavy atom. The van der Waals surface area contributed by atoms with E-state index in [0.717, 1.165) is 23.1 Å². The highest BCUT2D eigenvalue weighted by Gasteiger charge is 2.46. The maximum atomic E-state index is 12.8. The van der Waals surface area contributed by atoms with Gasteiger partial charge in [0.05, 0.1) is 5.75 Å². The van der Waals surface area contributed by atoms with Crippen molar-refractivity contribution in [3.63, 3.8) is 0 Å². The fourth-order valence-corrected chi connectivity index (χ4v) is 5.85. The van der Waals surface area contributed by atoms with Crippen molar-refractivity contribution in [2.24, 2.45) is 0 Å². The molecule has 4 amide bonds. The van der Waals surface area contributed by atoms with Gasteiger partial charge in [-0.2, -0.15) is 4.31 Å². The standard InChI is InChI=1S/C22H24N4O5S/c1-22(20(28)23-21(29)24-22)14-32(30,31)26-12-8-15(9-13-26)6-7-16-4-3-5-18-17(16)10-11-25(2)19(18)27/h3-5,8H,9-14H2,1-2H3,(H2,23,24,28,29)/t22-/m1/s1. The molecule has 0 unspecified atom stereocenters. The summed E-state index contributed by atoms with van der Waals surface area (Å²) in [4.78, 5) is 37.4. The molecule has 0 bridgehead atoms. The summed E-state index contributed by atoms with van der Waals surface area (Å²) in [6, 6.07) is 4.84. The molecule has 168 valence electrons. The molecule has 1 saturated heterocycles. The molecule has 3 aliphatic heterocycles. The van der Waals surface area contributed by atoms with Crippen LogP contribution in [-0.2, 0) is 21.2 Å². The number of nitrogens with zero attached hydrogens (tertiary/aromatic N) is 2. The predicted octanol–water partition coefficient (Wildman–Crippen LogP) is 0.226. The Hall–Kier alpha value is -3.16. The molecule has 3 aliphatic rings. The molecular formula is C22H24N4O5S. The number of amides is 4. The molecule has 0 aromatic heterocycles. The van der Waals surface area contributed by atoms with Crippen molar-refractivity contribution in [3.8, 4) is 11.8 Å². The van der Waals surface area contributed by atoms with Gasteiger partial charge >= 0.3 is 6.03 Å². The predicted molar refractivity (Wildman–Crippen MR) is 117 cm³/mol. The van der Waals surface area contributed by atoms with Gasteiger partial charge < -0.3 is 10.2 Å². The van der Waals surface area contributed by atoms with Crippen LogP contribution in [0.4, 0.5) is 4.79 Å². The van der Waals surface area contributed by atoms with Gasteiger partial charge in [0.2, 0.25) is 10.0 Å². The Bertz CT molecular complexity index is 1210. The minimum Gasteiger partial charge on any atom is -0.341 e. The van der Waals surface area contributed by atoms with Crippen LogP contribution in [0.2, 0.25) is 0 Å². The van der Waals surface area contributed by atoms with Gasteiger partial charge in [-0.25, -0.2) is 13.2 Å². The number of hydrogen-bond donors (Lipinski definition) is 2. The van der Waals surface area contributed by atoms with Crippen molar-refractivity contribution in [2.45, 2.75) is 25.3 Å². The quantitative estimate of drug-likeness (QED) is 0.499. The molecule has 0 radical (unpaired) electrons. The lowest BCUT2D eigenvalue weighted by molar-refractivity contribution is -0.122. The van der Waals surface area contributed by atoms with Crippen LogP contribution in [0.5, 0.6) is 0 Å². The summed E-state index contributed by atoms with van der Waals surface area (Å²) in [5.74, 6) is 5.11. The molecule has 0 spiro atoms. The molecular weight excluding hydrogens is 432 g/mol. The van der Waals surface area contributed by atoms with E-state index in [9.17, 15) is 22.8 Å². The number of hydrogen-bond acceptors (Lipinski definition) is 5. The first kappa shape index (κ1) is 22.0. The second-order valence-electron chi connectivity index (χ2n) is 8.39. The van der Waals surface area contributed by atoms with E-state index in [0.29, 0.717) is 18.5 Å². The number of carbonyl (C=O) groups is 3. The average molecular weight is 457 g/mol. The number of rotatable bonds is 3. The van der Waals surface area contributed by atoms with E-state index in [-0.39, 0.29) is 19.0 Å². The van der Waals surface area contributed by atoms with Crippen molar-refractivity contribution in [1.29, 1.82) is 0 Å². The molecule has 0 aliphatic carbocycles. The van der Waals surface area contributed by atoms with Gasteiger partial charge in [0, 0.05) is 43.4 Å². The van der Waals surface area contributed by atoms with Crippen molar-refractivity contribution in [3.05, 3.63) is 46.5 Å². The Balaban J connectivity index is 1.47. The Morgan fingerprint density at radius 1 is 1.12 bits per heavy atom. The van der Waals surface area contributed by atoms with Gasteiger partial charge in [-0.05, 0) is 37.5 Å². The van der Waals surface area contributed by atoms with Crippen LogP contribution in [-0.4, -0.2) is 73.4 Å². The van der Waals surface area contributed by atoms with Crippen molar-refractivity contribution in [2.75, 3.05) is 32.4 Å². The van der Waals surface area contributed by atoms with Gasteiger partial charge in [-0.1, -0.05) is 24.0 Å². The lowest BCUT2D eigenvalue weighted by Gasteiger charge is -2.28. The molecule has 2 N–H and O–H groups in total. The van der Waals surface area contributed by atoms with Crippen LogP contribution in [0, 0.1) is 11.8 Å². The normalized spacial score (nSPS) is 23.6. The zero-order chi connectivity index (χ0) is 23.1. The first-order valence-electron chi connectivity index (χ1n) is 10.3. The average Bonchev–Trinajstić information content (AvgIpc) is 2.99. The fourth-order valence-electron chi connectivity index (χ4n) is 4.06. The molecule has 3 heterocycles. The number of likely N-dealkylation sites (N-methyl/N-ethyl adjacent to an activating group) is 1. The van der Waals surface area contributed by atoms with E-state index in [1.54, 1.807) is 18.0 Å². The smallest absolute Gasteiger partial charge is 0.322 e. The number of fused-ring (bicyclic) bond motifs is 1. The third kappa shape index (κ3) is 4.13. The molecule has 1 atom stereocenters. The number of sulfonamides is 1. The van der Waals surface area contributed by atoms with Crippen LogP contribution in [0.3, 0.4) is 0 Å². The van der Waals surface area contributed by atoms with E-state index < -0.39 is 33.3 Å². The maximum absolute atomic E-state index is 12.8. The molecule has 1 fully saturated rings. The second kappa shape index (κ2) is 8.07. The number of urea groups is 1. The molecule has 9 nitrogen and oxygen atoms in total. The third-order valence-corrected chi connectivity index (χ3v) is 8.02. The number of nitrogens with one attached hydrogen (secondary N) is 2. The second-order valence-corrected chi connectivity index (χ2v) is 10.4. The van der Waals surface area contributed by atoms with Crippen molar-refractivity contribution >= 4 is 27.9 Å². The molecule has 1 aromatic rings. The van der Waals surface area contributed by atoms with Gasteiger partial charge in [-0.3, -0.25) is 14.9 Å². The number of imide groups is 1. The highest BCUT2D eigenvalue weighted by atomic mass is 32.2. The molecule has 4 rings (SSSR count). The first-order valence-corrected chi connectivity index (χ1v) is 11.9. The fraction of sp³-hybridized carbons (Fsp3) is 0.409. The molecule has 10 heteroatoms. The summed E-state index contributed by atoms with van der Waals surface area (Å²) >= 11 is 0. The number of benzene rings is 1. The largest absolute Gasteiger partial charge is 0.341 e. The van der Waals surface area contributed by atoms with E-state index in [1.807, 2.05) is 18.2 Å². The van der Waals surface area contributed by atoms with E-state index in [1.165, 1.54) is 11.2 Å². The highest BCUT2D eigenvalue weighted by molar-refractivity contribution is 7.89. The zero-order valence-corrected chi connectivity index (χ0v) is 18.7. The van der Waals surface area contributed by atoms with Gasteiger partial charge in [0.1, 0.15) is 5.54 Å². The SMILES string of the molecule is CN1CCc2c(C#CC3=CCN(S(=O)(=O)C[C@@]4(C)NC(=O)NC4=O)CC3)cccc2C1=O. The zero-order valence-electron chi connectivity index (χ0n) is 17.9. The summed E-state index contributed by atoms with van der Waals surface area (Å²) in [5.41, 5.74) is 1.78. The Labute approximate surface area is 186 Å². The lowest BCUT2D eigenvalue weighted by Crippen LogP contribution is -2.52. The highest BCUT2D eigenvalue weighted by Crippen LogP contribution is 2.22. The van der Waals surface area contributed by atoms with Crippen molar-refractivity contribution < 1.29 is 22.8 Å². The monoisotopic (exact) mass is 456 g/mol. The molecule has 1 aromatic carbocycles. The van der Waals surface area contributed by atoms with Crippen molar-refractivity contribution in [1.82, 2.24) is 19.8 Å².